The van der Waals surface area contributed by atoms with Gasteiger partial charge in [0.05, 0.1) is 10.6 Å². The van der Waals surface area contributed by atoms with Crippen molar-refractivity contribution in [2.45, 2.75) is 11.8 Å². The maximum Gasteiger partial charge on any atom is 0.251 e. The fourth-order valence-electron chi connectivity index (χ4n) is 2.34. The highest BCUT2D eigenvalue weighted by Gasteiger charge is 2.15. The predicted octanol–water partition coefficient (Wildman–Crippen LogP) is 2.48. The van der Waals surface area contributed by atoms with Crippen LogP contribution in [0.25, 0.3) is 11.1 Å². The summed E-state index contributed by atoms with van der Waals surface area (Å²) in [5.41, 5.74) is 1.49. The number of benzene rings is 2. The lowest BCUT2D eigenvalue weighted by atomic mass is 10.2. The molecule has 0 unspecified atom stereocenters. The van der Waals surface area contributed by atoms with E-state index in [1.165, 1.54) is 12.1 Å². The molecule has 25 heavy (non-hydrogen) atoms. The number of fused-ring (bicyclic) bond motifs is 1. The molecule has 2 aromatic carbocycles. The number of amides is 1. The van der Waals surface area contributed by atoms with Gasteiger partial charge in [0.1, 0.15) is 11.3 Å². The Morgan fingerprint density at radius 1 is 1.20 bits per heavy atom. The van der Waals surface area contributed by atoms with E-state index in [1.807, 2.05) is 0 Å². The van der Waals surface area contributed by atoms with Crippen LogP contribution in [0.2, 0.25) is 0 Å². The minimum atomic E-state index is -3.60. The molecule has 0 saturated carbocycles. The van der Waals surface area contributed by atoms with Crippen molar-refractivity contribution in [3.05, 3.63) is 59.7 Å². The number of halogens is 1. The Bertz CT molecular complexity index is 1030. The highest BCUT2D eigenvalue weighted by molar-refractivity contribution is 7.91. The number of hydrogen-bond acceptors (Lipinski definition) is 5. The van der Waals surface area contributed by atoms with Crippen LogP contribution in [0.4, 0.5) is 4.39 Å². The molecule has 1 N–H and O–H groups in total. The van der Waals surface area contributed by atoms with Crippen LogP contribution in [-0.2, 0) is 9.84 Å². The van der Waals surface area contributed by atoms with Crippen LogP contribution in [0.3, 0.4) is 0 Å². The van der Waals surface area contributed by atoms with Crippen LogP contribution >= 0.6 is 0 Å². The zero-order chi connectivity index (χ0) is 18.0. The Balaban J connectivity index is 1.64. The van der Waals surface area contributed by atoms with Crippen LogP contribution < -0.4 is 5.32 Å². The quantitative estimate of drug-likeness (QED) is 0.705. The van der Waals surface area contributed by atoms with E-state index in [4.69, 9.17) is 4.42 Å². The fourth-order valence-corrected chi connectivity index (χ4v) is 3.50. The van der Waals surface area contributed by atoms with Gasteiger partial charge in [0, 0.05) is 19.0 Å². The fraction of sp³-hybridized carbons (Fsp3) is 0.176. The second-order valence-corrected chi connectivity index (χ2v) is 7.55. The summed E-state index contributed by atoms with van der Waals surface area (Å²) in [6.45, 7) is 1.64. The average molecular weight is 362 g/mol. The van der Waals surface area contributed by atoms with E-state index in [9.17, 15) is 17.6 Å². The topological polar surface area (TPSA) is 89.3 Å². The molecule has 0 bridgehead atoms. The van der Waals surface area contributed by atoms with Crippen LogP contribution in [0.5, 0.6) is 0 Å². The molecule has 3 aromatic rings. The number of aromatic nitrogens is 1. The summed E-state index contributed by atoms with van der Waals surface area (Å²) in [7, 11) is -3.60. The van der Waals surface area contributed by atoms with Gasteiger partial charge in [-0.15, -0.1) is 0 Å². The third kappa shape index (κ3) is 3.85. The predicted molar refractivity (Wildman–Crippen MR) is 89.5 cm³/mol. The van der Waals surface area contributed by atoms with E-state index in [1.54, 1.807) is 25.1 Å². The molecular weight excluding hydrogens is 347 g/mol. The lowest BCUT2D eigenvalue weighted by molar-refractivity contribution is 0.0956. The third-order valence-electron chi connectivity index (χ3n) is 3.59. The number of aryl methyl sites for hydroxylation is 1. The van der Waals surface area contributed by atoms with Crippen LogP contribution in [0, 0.1) is 12.7 Å². The number of nitrogens with one attached hydrogen (secondary N) is 1. The first-order valence-electron chi connectivity index (χ1n) is 7.49. The molecule has 8 heteroatoms. The Morgan fingerprint density at radius 3 is 2.64 bits per heavy atom. The van der Waals surface area contributed by atoms with Crippen LogP contribution in [0.15, 0.2) is 51.8 Å². The standard InChI is InChI=1S/C17H15FN2O4S/c1-11-20-15-7-2-12(10-16(15)24-11)17(21)19-8-9-25(22,23)14-5-3-13(18)4-6-14/h2-7,10H,8-9H2,1H3,(H,19,21). The maximum absolute atomic E-state index is 12.9. The van der Waals surface area contributed by atoms with Gasteiger partial charge in [0.15, 0.2) is 21.3 Å². The van der Waals surface area contributed by atoms with E-state index >= 15 is 0 Å². The first-order valence-corrected chi connectivity index (χ1v) is 9.14. The molecular formula is C17H15FN2O4S. The number of nitrogens with zero attached hydrogens (tertiary/aromatic N) is 1. The van der Waals surface area contributed by atoms with E-state index in [0.717, 1.165) is 12.1 Å². The zero-order valence-electron chi connectivity index (χ0n) is 13.3. The Morgan fingerprint density at radius 2 is 1.92 bits per heavy atom. The molecule has 0 fully saturated rings. The highest BCUT2D eigenvalue weighted by Crippen LogP contribution is 2.17. The van der Waals surface area contributed by atoms with Crippen molar-refractivity contribution in [1.82, 2.24) is 10.3 Å². The van der Waals surface area contributed by atoms with Crippen molar-refractivity contribution >= 4 is 26.8 Å². The normalized spacial score (nSPS) is 11.6. The zero-order valence-corrected chi connectivity index (χ0v) is 14.1. The summed E-state index contributed by atoms with van der Waals surface area (Å²) in [6, 6.07) is 9.38. The average Bonchev–Trinajstić information content (AvgIpc) is 2.94. The summed E-state index contributed by atoms with van der Waals surface area (Å²) in [5, 5.41) is 2.55. The van der Waals surface area contributed by atoms with E-state index in [0.29, 0.717) is 22.6 Å². The molecule has 0 saturated heterocycles. The number of carbonyl (C=O) groups excluding carboxylic acids is 1. The third-order valence-corrected chi connectivity index (χ3v) is 5.32. The number of sulfone groups is 1. The lowest BCUT2D eigenvalue weighted by Crippen LogP contribution is -2.29. The molecule has 0 aliphatic rings. The van der Waals surface area contributed by atoms with Gasteiger partial charge in [-0.05, 0) is 42.5 Å². The number of carbonyl (C=O) groups is 1. The Kier molecular flexibility index (Phi) is 4.54. The van der Waals surface area contributed by atoms with Crippen molar-refractivity contribution < 1.29 is 22.0 Å². The number of oxazole rings is 1. The summed E-state index contributed by atoms with van der Waals surface area (Å²) in [5.74, 6) is -0.706. The lowest BCUT2D eigenvalue weighted by Gasteiger charge is -2.07. The molecule has 1 amide bonds. The van der Waals surface area contributed by atoms with E-state index in [2.05, 4.69) is 10.3 Å². The molecule has 0 aliphatic heterocycles. The monoisotopic (exact) mass is 362 g/mol. The SMILES string of the molecule is Cc1nc2ccc(C(=O)NCCS(=O)(=O)c3ccc(F)cc3)cc2o1. The number of rotatable bonds is 5. The van der Waals surface area contributed by atoms with Gasteiger partial charge in [0.2, 0.25) is 0 Å². The first kappa shape index (κ1) is 17.1. The van der Waals surface area contributed by atoms with Crippen molar-refractivity contribution in [2.24, 2.45) is 0 Å². The molecule has 0 atom stereocenters. The maximum atomic E-state index is 12.9. The molecule has 1 aromatic heterocycles. The van der Waals surface area contributed by atoms with E-state index < -0.39 is 21.6 Å². The van der Waals surface area contributed by atoms with Crippen molar-refractivity contribution in [3.63, 3.8) is 0 Å². The summed E-state index contributed by atoms with van der Waals surface area (Å²) in [4.78, 5) is 16.3. The van der Waals surface area contributed by atoms with Gasteiger partial charge in [-0.3, -0.25) is 4.79 Å². The Hall–Kier alpha value is -2.74. The minimum Gasteiger partial charge on any atom is -0.441 e. The van der Waals surface area contributed by atoms with Gasteiger partial charge in [-0.25, -0.2) is 17.8 Å². The molecule has 0 spiro atoms. The molecule has 130 valence electrons. The Labute approximate surface area is 143 Å². The highest BCUT2D eigenvalue weighted by atomic mass is 32.2. The van der Waals surface area contributed by atoms with Crippen molar-refractivity contribution in [3.8, 4) is 0 Å². The van der Waals surface area contributed by atoms with Crippen LogP contribution in [-0.4, -0.2) is 31.6 Å². The van der Waals surface area contributed by atoms with Gasteiger partial charge in [0.25, 0.3) is 5.91 Å². The second-order valence-electron chi connectivity index (χ2n) is 5.44. The minimum absolute atomic E-state index is 0.0155. The first-order chi connectivity index (χ1) is 11.8. The van der Waals surface area contributed by atoms with Gasteiger partial charge >= 0.3 is 0 Å². The van der Waals surface area contributed by atoms with Gasteiger partial charge in [-0.2, -0.15) is 0 Å². The second kappa shape index (κ2) is 6.64. The molecule has 3 rings (SSSR count). The van der Waals surface area contributed by atoms with Crippen molar-refractivity contribution in [1.29, 1.82) is 0 Å². The molecule has 0 aliphatic carbocycles. The largest absolute Gasteiger partial charge is 0.441 e. The van der Waals surface area contributed by atoms with Gasteiger partial charge < -0.3 is 9.73 Å². The smallest absolute Gasteiger partial charge is 0.251 e. The van der Waals surface area contributed by atoms with Crippen LogP contribution in [0.1, 0.15) is 16.2 Å². The summed E-state index contributed by atoms with van der Waals surface area (Å²) >= 11 is 0. The summed E-state index contributed by atoms with van der Waals surface area (Å²) in [6.07, 6.45) is 0. The number of hydrogen-bond donors (Lipinski definition) is 1. The van der Waals surface area contributed by atoms with E-state index in [-0.39, 0.29) is 17.2 Å². The van der Waals surface area contributed by atoms with Crippen molar-refractivity contribution in [2.75, 3.05) is 12.3 Å². The summed E-state index contributed by atoms with van der Waals surface area (Å²) < 4.78 is 42.5. The molecule has 1 heterocycles. The van der Waals surface area contributed by atoms with Gasteiger partial charge in [-0.1, -0.05) is 0 Å². The molecule has 0 radical (unpaired) electrons. The molecule has 6 nitrogen and oxygen atoms in total.